The molecule has 0 aliphatic carbocycles. The van der Waals surface area contributed by atoms with Crippen LogP contribution in [0, 0.1) is 6.92 Å². The molecule has 2 aromatic carbocycles. The van der Waals surface area contributed by atoms with E-state index in [1.807, 2.05) is 62.6 Å². The van der Waals surface area contributed by atoms with Crippen LogP contribution in [0.5, 0.6) is 5.75 Å². The summed E-state index contributed by atoms with van der Waals surface area (Å²) in [5.41, 5.74) is 4.01. The van der Waals surface area contributed by atoms with E-state index in [4.69, 9.17) is 4.74 Å². The van der Waals surface area contributed by atoms with Crippen LogP contribution in [0.25, 0.3) is 0 Å². The fraction of sp³-hybridized carbons (Fsp3) is 0.227. The summed E-state index contributed by atoms with van der Waals surface area (Å²) in [5.74, 6) is 1.01. The highest BCUT2D eigenvalue weighted by molar-refractivity contribution is 7.98. The number of benzene rings is 2. The number of carbonyl (C=O) groups excluding carboxylic acids is 1. The third kappa shape index (κ3) is 3.66. The Bertz CT molecular complexity index is 1140. The number of anilines is 2. The number of para-hydroxylation sites is 2. The molecule has 1 aromatic heterocycles. The fourth-order valence-corrected chi connectivity index (χ4v) is 3.95. The molecule has 0 radical (unpaired) electrons. The van der Waals surface area contributed by atoms with Crippen LogP contribution in [0.15, 0.2) is 65.0 Å². The van der Waals surface area contributed by atoms with Crippen LogP contribution in [0.4, 0.5) is 11.6 Å². The van der Waals surface area contributed by atoms with Gasteiger partial charge in [0.2, 0.25) is 11.1 Å². The SMILES string of the molecule is COc1ccccc1NC(=O)C1=C(C)Nc2nc(SC)nn2C1c1cccc(C)c1. The lowest BCUT2D eigenvalue weighted by molar-refractivity contribution is -0.113. The van der Waals surface area contributed by atoms with Crippen molar-refractivity contribution in [1.29, 1.82) is 0 Å². The van der Waals surface area contributed by atoms with Crippen molar-refractivity contribution in [2.75, 3.05) is 24.0 Å². The van der Waals surface area contributed by atoms with E-state index < -0.39 is 6.04 Å². The molecular formula is C22H23N5O2S. The van der Waals surface area contributed by atoms with Crippen LogP contribution in [0.2, 0.25) is 0 Å². The van der Waals surface area contributed by atoms with E-state index in [0.29, 0.717) is 28.1 Å². The smallest absolute Gasteiger partial charge is 0.255 e. The summed E-state index contributed by atoms with van der Waals surface area (Å²) in [6.45, 7) is 3.92. The molecule has 7 nitrogen and oxygen atoms in total. The zero-order valence-corrected chi connectivity index (χ0v) is 18.1. The number of fused-ring (bicyclic) bond motifs is 1. The molecule has 1 unspecified atom stereocenters. The number of aromatic nitrogens is 3. The molecule has 2 N–H and O–H groups in total. The minimum atomic E-state index is -0.399. The predicted molar refractivity (Wildman–Crippen MR) is 119 cm³/mol. The summed E-state index contributed by atoms with van der Waals surface area (Å²) in [4.78, 5) is 18.0. The molecule has 2 heterocycles. The number of thioether (sulfide) groups is 1. The van der Waals surface area contributed by atoms with Crippen molar-refractivity contribution in [2.24, 2.45) is 0 Å². The second-order valence-electron chi connectivity index (χ2n) is 7.00. The molecule has 0 bridgehead atoms. The Kier molecular flexibility index (Phi) is 5.50. The van der Waals surface area contributed by atoms with Gasteiger partial charge in [0.15, 0.2) is 0 Å². The molecule has 0 spiro atoms. The Balaban J connectivity index is 1.80. The molecule has 1 aliphatic rings. The normalized spacial score (nSPS) is 15.4. The predicted octanol–water partition coefficient (Wildman–Crippen LogP) is 4.24. The Labute approximate surface area is 179 Å². The Morgan fingerprint density at radius 2 is 2.00 bits per heavy atom. The van der Waals surface area contributed by atoms with Crippen LogP contribution in [-0.4, -0.2) is 34.0 Å². The molecule has 8 heteroatoms. The minimum absolute atomic E-state index is 0.220. The number of nitrogens with one attached hydrogen (secondary N) is 2. The molecule has 154 valence electrons. The van der Waals surface area contributed by atoms with Gasteiger partial charge in [0.1, 0.15) is 11.8 Å². The molecule has 4 rings (SSSR count). The number of methoxy groups -OCH3 is 1. The molecule has 0 saturated heterocycles. The van der Waals surface area contributed by atoms with E-state index in [0.717, 1.165) is 16.8 Å². The maximum atomic E-state index is 13.5. The highest BCUT2D eigenvalue weighted by Gasteiger charge is 2.34. The van der Waals surface area contributed by atoms with Crippen LogP contribution >= 0.6 is 11.8 Å². The molecule has 0 fully saturated rings. The third-order valence-electron chi connectivity index (χ3n) is 4.97. The first-order chi connectivity index (χ1) is 14.5. The monoisotopic (exact) mass is 421 g/mol. The summed E-state index contributed by atoms with van der Waals surface area (Å²) < 4.78 is 7.17. The molecule has 30 heavy (non-hydrogen) atoms. The third-order valence-corrected chi connectivity index (χ3v) is 5.51. The van der Waals surface area contributed by atoms with Gasteiger partial charge >= 0.3 is 0 Å². The van der Waals surface area contributed by atoms with Crippen molar-refractivity contribution in [3.05, 3.63) is 70.9 Å². The first kappa shape index (κ1) is 20.0. The van der Waals surface area contributed by atoms with Gasteiger partial charge in [-0.25, -0.2) is 4.68 Å². The summed E-state index contributed by atoms with van der Waals surface area (Å²) in [6.07, 6.45) is 1.93. The summed E-state index contributed by atoms with van der Waals surface area (Å²) in [6, 6.07) is 15.1. The van der Waals surface area contributed by atoms with Crippen molar-refractivity contribution in [1.82, 2.24) is 14.8 Å². The van der Waals surface area contributed by atoms with Gasteiger partial charge in [-0.1, -0.05) is 53.7 Å². The lowest BCUT2D eigenvalue weighted by atomic mass is 9.94. The van der Waals surface area contributed by atoms with Crippen molar-refractivity contribution in [3.63, 3.8) is 0 Å². The van der Waals surface area contributed by atoms with E-state index in [1.54, 1.807) is 11.8 Å². The maximum absolute atomic E-state index is 13.5. The lowest BCUT2D eigenvalue weighted by Gasteiger charge is -2.29. The van der Waals surface area contributed by atoms with Gasteiger partial charge in [0.05, 0.1) is 18.4 Å². The first-order valence-corrected chi connectivity index (χ1v) is 10.7. The average Bonchev–Trinajstić information content (AvgIpc) is 3.15. The number of rotatable bonds is 5. The van der Waals surface area contributed by atoms with Gasteiger partial charge in [-0.3, -0.25) is 4.79 Å². The van der Waals surface area contributed by atoms with Crippen molar-refractivity contribution < 1.29 is 9.53 Å². The maximum Gasteiger partial charge on any atom is 0.255 e. The number of amides is 1. The second-order valence-corrected chi connectivity index (χ2v) is 7.77. The number of aryl methyl sites for hydroxylation is 1. The van der Waals surface area contributed by atoms with Crippen LogP contribution in [-0.2, 0) is 4.79 Å². The molecular weight excluding hydrogens is 398 g/mol. The summed E-state index contributed by atoms with van der Waals surface area (Å²) in [5, 5.41) is 11.5. The van der Waals surface area contributed by atoms with Gasteiger partial charge < -0.3 is 15.4 Å². The quantitative estimate of drug-likeness (QED) is 0.600. The average molecular weight is 422 g/mol. The standard InChI is InChI=1S/C22H23N5O2S/c1-13-8-7-9-15(12-13)19-18(14(2)23-21-25-22(30-4)26-27(19)21)20(28)24-16-10-5-6-11-17(16)29-3/h5-12,19H,1-4H3,(H,24,28)(H,23,25,26). The number of hydrogen-bond acceptors (Lipinski definition) is 6. The zero-order valence-electron chi connectivity index (χ0n) is 17.3. The summed E-state index contributed by atoms with van der Waals surface area (Å²) in [7, 11) is 1.58. The number of nitrogens with zero attached hydrogens (tertiary/aromatic N) is 3. The second kappa shape index (κ2) is 8.23. The number of ether oxygens (including phenoxy) is 1. The van der Waals surface area contributed by atoms with Crippen LogP contribution in [0.1, 0.15) is 24.1 Å². The first-order valence-electron chi connectivity index (χ1n) is 9.51. The van der Waals surface area contributed by atoms with Crippen molar-refractivity contribution >= 4 is 29.3 Å². The summed E-state index contributed by atoms with van der Waals surface area (Å²) >= 11 is 1.46. The molecule has 1 aliphatic heterocycles. The Morgan fingerprint density at radius 3 is 2.73 bits per heavy atom. The van der Waals surface area contributed by atoms with Crippen molar-refractivity contribution in [2.45, 2.75) is 25.0 Å². The molecule has 3 aromatic rings. The van der Waals surface area contributed by atoms with Crippen LogP contribution < -0.4 is 15.4 Å². The van der Waals surface area contributed by atoms with E-state index in [1.165, 1.54) is 11.8 Å². The number of allylic oxidation sites excluding steroid dienone is 1. The van der Waals surface area contributed by atoms with E-state index >= 15 is 0 Å². The topological polar surface area (TPSA) is 81.1 Å². The van der Waals surface area contributed by atoms with E-state index in [9.17, 15) is 4.79 Å². The lowest BCUT2D eigenvalue weighted by Crippen LogP contribution is -2.31. The Morgan fingerprint density at radius 1 is 1.20 bits per heavy atom. The molecule has 1 atom stereocenters. The number of carbonyl (C=O) groups is 1. The van der Waals surface area contributed by atoms with Crippen molar-refractivity contribution in [3.8, 4) is 5.75 Å². The van der Waals surface area contributed by atoms with E-state index in [2.05, 4.69) is 26.8 Å². The van der Waals surface area contributed by atoms with Crippen LogP contribution in [0.3, 0.4) is 0 Å². The number of hydrogen-bond donors (Lipinski definition) is 2. The molecule has 0 saturated carbocycles. The van der Waals surface area contributed by atoms with Gasteiger partial charge in [-0.05, 0) is 37.8 Å². The fourth-order valence-electron chi connectivity index (χ4n) is 3.60. The van der Waals surface area contributed by atoms with Gasteiger partial charge in [-0.2, -0.15) is 4.98 Å². The van der Waals surface area contributed by atoms with Gasteiger partial charge in [-0.15, -0.1) is 5.10 Å². The van der Waals surface area contributed by atoms with E-state index in [-0.39, 0.29) is 5.91 Å². The highest BCUT2D eigenvalue weighted by atomic mass is 32.2. The largest absolute Gasteiger partial charge is 0.495 e. The minimum Gasteiger partial charge on any atom is -0.495 e. The zero-order chi connectivity index (χ0) is 21.3. The molecule has 1 amide bonds. The Hall–Kier alpha value is -3.26. The van der Waals surface area contributed by atoms with Gasteiger partial charge in [0, 0.05) is 5.70 Å². The van der Waals surface area contributed by atoms with Gasteiger partial charge in [0.25, 0.3) is 5.91 Å². The highest BCUT2D eigenvalue weighted by Crippen LogP contribution is 2.37.